The molecule has 34 heavy (non-hydrogen) atoms. The van der Waals surface area contributed by atoms with Crippen molar-refractivity contribution in [3.63, 3.8) is 0 Å². The molecule has 1 N–H and O–H groups in total. The predicted molar refractivity (Wildman–Crippen MR) is 127 cm³/mol. The molecule has 1 aliphatic rings. The number of nitrogens with one attached hydrogen (secondary N) is 1. The summed E-state index contributed by atoms with van der Waals surface area (Å²) < 4.78 is 14.9. The molecule has 2 aromatic carbocycles. The Labute approximate surface area is 199 Å². The number of rotatable bonds is 5. The maximum Gasteiger partial charge on any atom is 0.336 e. The number of aryl methyl sites for hydroxylation is 1. The number of thiazole rings is 1. The molecule has 0 atom stereocenters. The Bertz CT molecular complexity index is 1350. The first-order valence-electron chi connectivity index (χ1n) is 10.3. The Balaban J connectivity index is 1.59. The summed E-state index contributed by atoms with van der Waals surface area (Å²) in [6.07, 6.45) is 1.43. The molecule has 0 unspecified atom stereocenters. The molecule has 172 valence electrons. The van der Waals surface area contributed by atoms with Crippen LogP contribution in [0.25, 0.3) is 4.85 Å². The third-order valence-corrected chi connectivity index (χ3v) is 6.39. The molecule has 0 spiro atoms. The lowest BCUT2D eigenvalue weighted by Gasteiger charge is -2.28. The molecule has 1 aliphatic heterocycles. The van der Waals surface area contributed by atoms with E-state index in [1.807, 2.05) is 0 Å². The molecule has 0 radical (unpaired) electrons. The van der Waals surface area contributed by atoms with Gasteiger partial charge in [-0.05, 0) is 50.6 Å². The lowest BCUT2D eigenvalue weighted by Crippen LogP contribution is -2.44. The molecule has 0 aliphatic carbocycles. The van der Waals surface area contributed by atoms with E-state index in [-0.39, 0.29) is 23.7 Å². The van der Waals surface area contributed by atoms with Crippen molar-refractivity contribution in [2.24, 2.45) is 0 Å². The molecule has 10 heteroatoms. The van der Waals surface area contributed by atoms with Crippen LogP contribution in [0.1, 0.15) is 34.6 Å². The minimum Gasteiger partial charge on any atom is -0.347 e. The number of nitrogens with zero attached hydrogens (tertiary/aromatic N) is 4. The molecule has 1 aromatic heterocycles. The molecule has 4 amide bonds. The van der Waals surface area contributed by atoms with Gasteiger partial charge in [0.2, 0.25) is 0 Å². The lowest BCUT2D eigenvalue weighted by atomic mass is 10.0. The van der Waals surface area contributed by atoms with Crippen LogP contribution in [-0.2, 0) is 11.3 Å². The number of amides is 4. The number of carbonyl (C=O) groups excluding carboxylic acids is 3. The monoisotopic (exact) mass is 477 g/mol. The van der Waals surface area contributed by atoms with Crippen LogP contribution in [0.2, 0.25) is 0 Å². The van der Waals surface area contributed by atoms with Crippen LogP contribution in [0.15, 0.2) is 48.1 Å². The zero-order chi connectivity index (χ0) is 24.6. The Morgan fingerprint density at radius 3 is 2.56 bits per heavy atom. The van der Waals surface area contributed by atoms with Crippen LogP contribution in [-0.4, -0.2) is 28.4 Å². The van der Waals surface area contributed by atoms with Gasteiger partial charge in [0.15, 0.2) is 5.69 Å². The van der Waals surface area contributed by atoms with Crippen LogP contribution >= 0.6 is 11.3 Å². The van der Waals surface area contributed by atoms with Gasteiger partial charge in [-0.2, -0.15) is 0 Å². The van der Waals surface area contributed by atoms with E-state index in [1.54, 1.807) is 45.0 Å². The van der Waals surface area contributed by atoms with E-state index in [0.29, 0.717) is 21.8 Å². The standard InChI is InChI=1S/C24H20FN5O3S/c1-14-9-16(7-8-19(14)26-4)29-22(32)24(2,3)30(23(29)33)17-6-5-15(18(25)10-17)11-28-21(31)20-12-27-13-34-20/h5-10,12-13H,11H2,1-3H3,(H,28,31). The van der Waals surface area contributed by atoms with Crippen LogP contribution < -0.4 is 15.1 Å². The third-order valence-electron chi connectivity index (χ3n) is 5.62. The second-order valence-corrected chi connectivity index (χ2v) is 9.11. The average molecular weight is 478 g/mol. The van der Waals surface area contributed by atoms with Gasteiger partial charge in [-0.15, -0.1) is 11.3 Å². The van der Waals surface area contributed by atoms with E-state index >= 15 is 0 Å². The topological polar surface area (TPSA) is 87.0 Å². The Kier molecular flexibility index (Phi) is 5.89. The van der Waals surface area contributed by atoms with Crippen molar-refractivity contribution >= 4 is 46.2 Å². The summed E-state index contributed by atoms with van der Waals surface area (Å²) in [6.45, 7) is 12.1. The number of hydrogen-bond donors (Lipinski definition) is 1. The van der Waals surface area contributed by atoms with Gasteiger partial charge in [-0.1, -0.05) is 12.1 Å². The second kappa shape index (κ2) is 8.68. The maximum atomic E-state index is 14.9. The van der Waals surface area contributed by atoms with Gasteiger partial charge < -0.3 is 5.32 Å². The molecule has 1 fully saturated rings. The van der Waals surface area contributed by atoms with Crippen LogP contribution in [0.3, 0.4) is 0 Å². The fourth-order valence-electron chi connectivity index (χ4n) is 3.77. The normalized spacial score (nSPS) is 14.9. The van der Waals surface area contributed by atoms with Crippen molar-refractivity contribution in [1.82, 2.24) is 10.3 Å². The Morgan fingerprint density at radius 2 is 1.94 bits per heavy atom. The van der Waals surface area contributed by atoms with Crippen molar-refractivity contribution in [1.29, 1.82) is 0 Å². The highest BCUT2D eigenvalue weighted by molar-refractivity contribution is 7.11. The summed E-state index contributed by atoms with van der Waals surface area (Å²) in [4.78, 5) is 48.6. The molecule has 0 saturated carbocycles. The first-order chi connectivity index (χ1) is 16.1. The number of hydrogen-bond acceptors (Lipinski definition) is 5. The van der Waals surface area contributed by atoms with E-state index in [4.69, 9.17) is 6.57 Å². The van der Waals surface area contributed by atoms with Crippen LogP contribution in [0.4, 0.5) is 26.2 Å². The minimum atomic E-state index is -1.27. The number of imide groups is 1. The number of benzene rings is 2. The Morgan fingerprint density at radius 1 is 1.21 bits per heavy atom. The van der Waals surface area contributed by atoms with E-state index in [9.17, 15) is 18.8 Å². The van der Waals surface area contributed by atoms with Crippen LogP contribution in [0.5, 0.6) is 0 Å². The van der Waals surface area contributed by atoms with Gasteiger partial charge in [0.05, 0.1) is 24.0 Å². The number of aromatic nitrogens is 1. The Hall–Kier alpha value is -4.10. The zero-order valence-electron chi connectivity index (χ0n) is 18.6. The predicted octanol–water partition coefficient (Wildman–Crippen LogP) is 4.82. The molecular formula is C24H20FN5O3S. The SMILES string of the molecule is [C-]#[N+]c1ccc(N2C(=O)N(c3ccc(CNC(=O)c4cncs4)c(F)c3)C(C)(C)C2=O)cc1C. The van der Waals surface area contributed by atoms with E-state index in [2.05, 4.69) is 15.1 Å². The maximum absolute atomic E-state index is 14.9. The van der Waals surface area contributed by atoms with Crippen molar-refractivity contribution in [2.75, 3.05) is 9.80 Å². The fourth-order valence-corrected chi connectivity index (χ4v) is 4.31. The minimum absolute atomic E-state index is 0.0437. The van der Waals surface area contributed by atoms with E-state index in [1.165, 1.54) is 40.1 Å². The molecule has 3 aromatic rings. The number of halogens is 1. The summed E-state index contributed by atoms with van der Waals surface area (Å²) in [5.41, 5.74) is 2.13. The lowest BCUT2D eigenvalue weighted by molar-refractivity contribution is -0.120. The quantitative estimate of drug-likeness (QED) is 0.422. The summed E-state index contributed by atoms with van der Waals surface area (Å²) in [7, 11) is 0. The summed E-state index contributed by atoms with van der Waals surface area (Å²) in [5.74, 6) is -1.44. The fraction of sp³-hybridized carbons (Fsp3) is 0.208. The molecule has 2 heterocycles. The average Bonchev–Trinajstić information content (AvgIpc) is 3.39. The highest BCUT2D eigenvalue weighted by atomic mass is 32.1. The highest BCUT2D eigenvalue weighted by Gasteiger charge is 2.52. The molecule has 4 rings (SSSR count). The largest absolute Gasteiger partial charge is 0.347 e. The summed E-state index contributed by atoms with van der Waals surface area (Å²) >= 11 is 1.18. The van der Waals surface area contributed by atoms with Gasteiger partial charge in [-0.3, -0.25) is 19.5 Å². The smallest absolute Gasteiger partial charge is 0.336 e. The number of urea groups is 1. The molecular weight excluding hydrogens is 457 g/mol. The van der Waals surface area contributed by atoms with E-state index < -0.39 is 23.3 Å². The van der Waals surface area contributed by atoms with Gasteiger partial charge in [0, 0.05) is 17.8 Å². The number of carbonyl (C=O) groups is 3. The third kappa shape index (κ3) is 3.91. The highest BCUT2D eigenvalue weighted by Crippen LogP contribution is 2.37. The van der Waals surface area contributed by atoms with Gasteiger partial charge in [0.25, 0.3) is 11.8 Å². The molecule has 0 bridgehead atoms. The zero-order valence-corrected chi connectivity index (χ0v) is 19.4. The first-order valence-corrected chi connectivity index (χ1v) is 11.1. The van der Waals surface area contributed by atoms with Gasteiger partial charge >= 0.3 is 6.03 Å². The summed E-state index contributed by atoms with van der Waals surface area (Å²) in [5, 5.41) is 2.63. The van der Waals surface area contributed by atoms with Gasteiger partial charge in [-0.25, -0.2) is 18.9 Å². The van der Waals surface area contributed by atoms with Crippen molar-refractivity contribution < 1.29 is 18.8 Å². The summed E-state index contributed by atoms with van der Waals surface area (Å²) in [6, 6.07) is 8.30. The first kappa shape index (κ1) is 23.1. The van der Waals surface area contributed by atoms with E-state index in [0.717, 1.165) is 4.90 Å². The molecule has 1 saturated heterocycles. The van der Waals surface area contributed by atoms with Crippen LogP contribution in [0, 0.1) is 19.3 Å². The number of anilines is 2. The van der Waals surface area contributed by atoms with Crippen molar-refractivity contribution in [3.8, 4) is 0 Å². The second-order valence-electron chi connectivity index (χ2n) is 8.22. The van der Waals surface area contributed by atoms with Gasteiger partial charge in [0.1, 0.15) is 16.2 Å². The van der Waals surface area contributed by atoms with Crippen molar-refractivity contribution in [3.05, 3.63) is 81.3 Å². The molecule has 8 nitrogen and oxygen atoms in total. The van der Waals surface area contributed by atoms with Crippen molar-refractivity contribution in [2.45, 2.75) is 32.9 Å².